The molecular weight excluding hydrogens is 448 g/mol. The summed E-state index contributed by atoms with van der Waals surface area (Å²) in [5.74, 6) is 0. The second kappa shape index (κ2) is 7.13. The highest BCUT2D eigenvalue weighted by Crippen LogP contribution is 2.50. The molecule has 0 aromatic heterocycles. The first-order valence-electron chi connectivity index (χ1n) is 9.65. The second-order valence-corrected chi connectivity index (χ2v) is 7.57. The monoisotopic (exact) mass is 458 g/mol. The summed E-state index contributed by atoms with van der Waals surface area (Å²) in [6.07, 6.45) is 0. The van der Waals surface area contributed by atoms with Crippen molar-refractivity contribution in [1.29, 1.82) is 0 Å². The maximum atomic E-state index is 11.8. The van der Waals surface area contributed by atoms with E-state index in [4.69, 9.17) is 0 Å². The van der Waals surface area contributed by atoms with Crippen LogP contribution in [0.25, 0.3) is 43.1 Å². The fourth-order valence-electron chi connectivity index (χ4n) is 4.33. The minimum Gasteiger partial charge on any atom is -0.258 e. The van der Waals surface area contributed by atoms with Gasteiger partial charge in [-0.15, -0.1) is 0 Å². The molecule has 166 valence electrons. The largest absolute Gasteiger partial charge is 0.430 e. The molecule has 0 N–H and O–H groups in total. The third kappa shape index (κ3) is 2.93. The summed E-state index contributed by atoms with van der Waals surface area (Å²) in [7, 11) is 0. The van der Waals surface area contributed by atoms with Gasteiger partial charge in [-0.25, -0.2) is 0 Å². The molecule has 0 aliphatic carbocycles. The molecule has 12 nitrogen and oxygen atoms in total. The highest BCUT2D eigenvalue weighted by Gasteiger charge is 2.47. The number of hydrogen-bond acceptors (Lipinski definition) is 8. The molecule has 12 heteroatoms. The minimum atomic E-state index is -1.53. The summed E-state index contributed by atoms with van der Waals surface area (Å²) in [5, 5.41) is 50.3. The number of nitro benzene ring substituents is 4. The van der Waals surface area contributed by atoms with Crippen molar-refractivity contribution in [3.05, 3.63) is 101 Å². The van der Waals surface area contributed by atoms with Gasteiger partial charge in [0.15, 0.2) is 0 Å². The van der Waals surface area contributed by atoms with Gasteiger partial charge in [0.1, 0.15) is 0 Å². The summed E-state index contributed by atoms with van der Waals surface area (Å²) in [5.41, 5.74) is -5.39. The number of nitrogens with zero attached hydrogens (tertiary/aromatic N) is 4. The molecule has 0 saturated carbocycles. The molecule has 0 spiro atoms. The molecular formula is C22H10N4O8. The molecule has 0 bridgehead atoms. The fourth-order valence-corrected chi connectivity index (χ4v) is 4.33. The van der Waals surface area contributed by atoms with E-state index in [1.54, 1.807) is 12.1 Å². The van der Waals surface area contributed by atoms with E-state index in [0.717, 1.165) is 21.5 Å². The minimum absolute atomic E-state index is 0.427. The molecule has 0 fully saturated rings. The van der Waals surface area contributed by atoms with Gasteiger partial charge in [-0.05, 0) is 68.7 Å². The molecule has 5 aromatic rings. The molecule has 5 aromatic carbocycles. The molecule has 34 heavy (non-hydrogen) atoms. The predicted molar refractivity (Wildman–Crippen MR) is 123 cm³/mol. The Morgan fingerprint density at radius 3 is 1.03 bits per heavy atom. The van der Waals surface area contributed by atoms with Crippen LogP contribution >= 0.6 is 0 Å². The summed E-state index contributed by atoms with van der Waals surface area (Å²) in [6.45, 7) is 0. The number of benzene rings is 5. The van der Waals surface area contributed by atoms with Crippen molar-refractivity contribution in [3.8, 4) is 0 Å². The van der Waals surface area contributed by atoms with Crippen molar-refractivity contribution >= 4 is 65.8 Å². The first kappa shape index (κ1) is 20.6. The van der Waals surface area contributed by atoms with Crippen molar-refractivity contribution in [2.24, 2.45) is 0 Å². The van der Waals surface area contributed by atoms with Crippen molar-refractivity contribution in [1.82, 2.24) is 0 Å². The molecule has 5 rings (SSSR count). The van der Waals surface area contributed by atoms with E-state index in [9.17, 15) is 40.5 Å². The van der Waals surface area contributed by atoms with Gasteiger partial charge in [0.25, 0.3) is 0 Å². The molecule has 0 unspecified atom stereocenters. The van der Waals surface area contributed by atoms with E-state index in [1.807, 2.05) is 36.4 Å². The molecule has 0 aliphatic heterocycles. The zero-order valence-corrected chi connectivity index (χ0v) is 16.8. The average Bonchev–Trinajstić information content (AvgIpc) is 2.77. The van der Waals surface area contributed by atoms with E-state index >= 15 is 0 Å². The lowest BCUT2D eigenvalue weighted by Gasteiger charge is -2.08. The SMILES string of the molecule is O=[N+]([O-])c1c([N+](=O)[O-])c([N+](=O)[O-])c2cc3cc4cc5ccccc5cc4cc3cc2c1[N+](=O)[O-]. The van der Waals surface area contributed by atoms with Crippen LogP contribution in [-0.2, 0) is 0 Å². The van der Waals surface area contributed by atoms with Crippen molar-refractivity contribution in [2.75, 3.05) is 0 Å². The summed E-state index contributed by atoms with van der Waals surface area (Å²) in [6, 6.07) is 17.2. The Kier molecular flexibility index (Phi) is 4.33. The van der Waals surface area contributed by atoms with Crippen LogP contribution in [0.15, 0.2) is 60.7 Å². The van der Waals surface area contributed by atoms with Gasteiger partial charge in [-0.1, -0.05) is 24.3 Å². The standard InChI is InChI=1S/C22H10N4O8/c27-23(28)19-17-9-15-7-13-5-11-3-1-2-4-12(11)6-14(13)8-16(15)10-18(17)20(24(29)30)22(26(33)34)21(19)25(31)32/h1-10H. The first-order chi connectivity index (χ1) is 16.2. The number of hydrogen-bond donors (Lipinski definition) is 0. The van der Waals surface area contributed by atoms with Crippen molar-refractivity contribution in [2.45, 2.75) is 0 Å². The van der Waals surface area contributed by atoms with E-state index in [0.29, 0.717) is 10.8 Å². The van der Waals surface area contributed by atoms with E-state index in [1.165, 1.54) is 12.1 Å². The Hall–Kier alpha value is -5.26. The highest BCUT2D eigenvalue weighted by atomic mass is 16.7. The van der Waals surface area contributed by atoms with Gasteiger partial charge in [-0.2, -0.15) is 0 Å². The van der Waals surface area contributed by atoms with Crippen LogP contribution in [0.2, 0.25) is 0 Å². The molecule has 0 saturated heterocycles. The zero-order chi connectivity index (χ0) is 24.3. The Bertz CT molecular complexity index is 1650. The molecule has 0 heterocycles. The third-order valence-electron chi connectivity index (χ3n) is 5.71. The van der Waals surface area contributed by atoms with E-state index in [-0.39, 0.29) is 0 Å². The van der Waals surface area contributed by atoms with Gasteiger partial charge >= 0.3 is 22.7 Å². The van der Waals surface area contributed by atoms with Crippen LogP contribution < -0.4 is 0 Å². The van der Waals surface area contributed by atoms with Crippen LogP contribution in [0, 0.1) is 40.5 Å². The number of nitro groups is 4. The summed E-state index contributed by atoms with van der Waals surface area (Å²) < 4.78 is 0. The van der Waals surface area contributed by atoms with Crippen LogP contribution in [0.1, 0.15) is 0 Å². The summed E-state index contributed by atoms with van der Waals surface area (Å²) in [4.78, 5) is 41.9. The predicted octanol–water partition coefficient (Wildman–Crippen LogP) is 5.93. The fraction of sp³-hybridized carbons (Fsp3) is 0. The Morgan fingerprint density at radius 1 is 0.412 bits per heavy atom. The molecule has 0 atom stereocenters. The quantitative estimate of drug-likeness (QED) is 0.181. The first-order valence-corrected chi connectivity index (χ1v) is 9.65. The molecule has 0 radical (unpaired) electrons. The average molecular weight is 458 g/mol. The number of rotatable bonds is 4. The zero-order valence-electron chi connectivity index (χ0n) is 16.8. The lowest BCUT2D eigenvalue weighted by atomic mass is 9.95. The van der Waals surface area contributed by atoms with Crippen LogP contribution in [0.5, 0.6) is 0 Å². The van der Waals surface area contributed by atoms with Gasteiger partial charge < -0.3 is 0 Å². The maximum absolute atomic E-state index is 11.8. The van der Waals surface area contributed by atoms with Crippen molar-refractivity contribution in [3.63, 3.8) is 0 Å². The lowest BCUT2D eigenvalue weighted by molar-refractivity contribution is -0.450. The molecule has 0 aliphatic rings. The third-order valence-corrected chi connectivity index (χ3v) is 5.71. The maximum Gasteiger partial charge on any atom is 0.430 e. The Morgan fingerprint density at radius 2 is 0.706 bits per heavy atom. The lowest BCUT2D eigenvalue weighted by Crippen LogP contribution is -2.06. The topological polar surface area (TPSA) is 173 Å². The second-order valence-electron chi connectivity index (χ2n) is 7.57. The molecule has 0 amide bonds. The normalized spacial score (nSPS) is 11.3. The summed E-state index contributed by atoms with van der Waals surface area (Å²) >= 11 is 0. The highest BCUT2D eigenvalue weighted by molar-refractivity contribution is 6.14. The van der Waals surface area contributed by atoms with Crippen LogP contribution in [0.4, 0.5) is 22.7 Å². The van der Waals surface area contributed by atoms with Crippen LogP contribution in [0.3, 0.4) is 0 Å². The van der Waals surface area contributed by atoms with Gasteiger partial charge in [0.05, 0.1) is 30.5 Å². The van der Waals surface area contributed by atoms with Gasteiger partial charge in [-0.3, -0.25) is 40.5 Å². The number of fused-ring (bicyclic) bond motifs is 4. The van der Waals surface area contributed by atoms with E-state index in [2.05, 4.69) is 0 Å². The van der Waals surface area contributed by atoms with Crippen molar-refractivity contribution < 1.29 is 19.7 Å². The Balaban J connectivity index is 2.01. The smallest absolute Gasteiger partial charge is 0.258 e. The van der Waals surface area contributed by atoms with E-state index < -0.39 is 53.2 Å². The Labute approximate surface area is 187 Å². The van der Waals surface area contributed by atoms with Gasteiger partial charge in [0, 0.05) is 0 Å². The van der Waals surface area contributed by atoms with Gasteiger partial charge in [0.2, 0.25) is 0 Å². The van der Waals surface area contributed by atoms with Crippen LogP contribution in [-0.4, -0.2) is 19.7 Å².